The topological polar surface area (TPSA) is 96.0 Å². The minimum atomic E-state index is -2.42. The molecule has 1 N–H and O–H groups in total. The zero-order chi connectivity index (χ0) is 19.2. The third kappa shape index (κ3) is 4.52. The van der Waals surface area contributed by atoms with Crippen molar-refractivity contribution < 1.29 is 28.1 Å². The summed E-state index contributed by atoms with van der Waals surface area (Å²) in [7, 11) is 3.68. The third-order valence-corrected chi connectivity index (χ3v) is 4.73. The first-order valence-corrected chi connectivity index (χ1v) is 9.36. The summed E-state index contributed by atoms with van der Waals surface area (Å²) in [6, 6.07) is 1.84. The fourth-order valence-electron chi connectivity index (χ4n) is 2.75. The molecule has 0 radical (unpaired) electrons. The Morgan fingerprint density at radius 3 is 2.46 bits per heavy atom. The van der Waals surface area contributed by atoms with Crippen molar-refractivity contribution in [2.45, 2.75) is 18.8 Å². The van der Waals surface area contributed by atoms with E-state index in [0.29, 0.717) is 24.6 Å². The van der Waals surface area contributed by atoms with Gasteiger partial charge in [-0.2, -0.15) is 0 Å². The second-order valence-corrected chi connectivity index (χ2v) is 6.63. The summed E-state index contributed by atoms with van der Waals surface area (Å²) in [5.41, 5.74) is 2.44. The summed E-state index contributed by atoms with van der Waals surface area (Å²) in [6.45, 7) is 0. The molecule has 142 valence electrons. The second-order valence-electron chi connectivity index (χ2n) is 5.52. The lowest BCUT2D eigenvalue weighted by atomic mass is 9.96. The molecule has 0 unspecified atom stereocenters. The molecular formula is C17H23N2O6P. The molecule has 0 spiro atoms. The summed E-state index contributed by atoms with van der Waals surface area (Å²) < 4.78 is 43.4. The molecule has 0 amide bonds. The lowest BCUT2D eigenvalue weighted by Gasteiger charge is -2.33. The number of aromatic nitrogens is 1. The Hall–Kier alpha value is -2.15. The first-order chi connectivity index (χ1) is 12.5. The molecule has 0 atom stereocenters. The quantitative estimate of drug-likeness (QED) is 0.514. The van der Waals surface area contributed by atoms with Gasteiger partial charge in [-0.3, -0.25) is 0 Å². The highest BCUT2D eigenvalue weighted by Gasteiger charge is 2.33. The highest BCUT2D eigenvalue weighted by molar-refractivity contribution is 7.30. The van der Waals surface area contributed by atoms with E-state index in [9.17, 15) is 9.13 Å². The van der Waals surface area contributed by atoms with E-state index in [-0.39, 0.29) is 6.16 Å². The minimum absolute atomic E-state index is 0.104. The molecule has 1 aliphatic rings. The van der Waals surface area contributed by atoms with E-state index in [1.54, 1.807) is 12.3 Å². The van der Waals surface area contributed by atoms with Gasteiger partial charge in [0.15, 0.2) is 5.88 Å². The van der Waals surface area contributed by atoms with Gasteiger partial charge in [-0.25, -0.2) is 14.1 Å². The normalized spacial score (nSPS) is 15.5. The Labute approximate surface area is 153 Å². The fourth-order valence-corrected chi connectivity index (χ4v) is 3.16. The first kappa shape index (κ1) is 20.2. The number of hydrogen-bond acceptors (Lipinski definition) is 8. The van der Waals surface area contributed by atoms with Crippen molar-refractivity contribution in [3.8, 4) is 5.88 Å². The monoisotopic (exact) mass is 382 g/mol. The van der Waals surface area contributed by atoms with Crippen molar-refractivity contribution in [3.63, 3.8) is 0 Å². The van der Waals surface area contributed by atoms with Crippen LogP contribution in [0.2, 0.25) is 0 Å². The van der Waals surface area contributed by atoms with Crippen LogP contribution in [0, 0.1) is 0 Å². The molecule has 2 heterocycles. The van der Waals surface area contributed by atoms with E-state index in [2.05, 4.69) is 10.3 Å². The zero-order valence-corrected chi connectivity index (χ0v) is 16.2. The molecular weight excluding hydrogens is 359 g/mol. The molecule has 0 bridgehead atoms. The molecule has 9 heteroatoms. The Balaban J connectivity index is 2.51. The van der Waals surface area contributed by atoms with Crippen LogP contribution < -0.4 is 10.1 Å². The van der Waals surface area contributed by atoms with Crippen molar-refractivity contribution in [1.29, 1.82) is 0 Å². The van der Waals surface area contributed by atoms with Crippen LogP contribution in [-0.2, 0) is 29.8 Å². The fraction of sp³-hybridized carbons (Fsp3) is 0.471. The van der Waals surface area contributed by atoms with Gasteiger partial charge < -0.3 is 24.3 Å². The van der Waals surface area contributed by atoms with Gasteiger partial charge in [-0.1, -0.05) is 0 Å². The Morgan fingerprint density at radius 2 is 1.88 bits per heavy atom. The van der Waals surface area contributed by atoms with Crippen molar-refractivity contribution in [2.24, 2.45) is 0 Å². The highest BCUT2D eigenvalue weighted by Crippen LogP contribution is 2.33. The highest BCUT2D eigenvalue weighted by atomic mass is 31.1. The summed E-state index contributed by atoms with van der Waals surface area (Å²) in [4.78, 5) is 4.24. The van der Waals surface area contributed by atoms with Gasteiger partial charge in [-0.05, 0) is 30.0 Å². The van der Waals surface area contributed by atoms with E-state index in [0.717, 1.165) is 16.7 Å². The van der Waals surface area contributed by atoms with Gasteiger partial charge in [0.25, 0.3) is 5.91 Å². The number of ether oxygens (including phenoxy) is 4. The lowest BCUT2D eigenvalue weighted by Crippen LogP contribution is -2.48. The maximum Gasteiger partial charge on any atom is 0.315 e. The number of nitrogens with one attached hydrogen (secondary N) is 1. The summed E-state index contributed by atoms with van der Waals surface area (Å²) in [6.07, 6.45) is 6.30. The molecule has 2 rings (SSSR count). The van der Waals surface area contributed by atoms with Crippen LogP contribution >= 0.6 is 7.68 Å². The van der Waals surface area contributed by atoms with Crippen LogP contribution in [0.4, 0.5) is 0 Å². The predicted octanol–water partition coefficient (Wildman–Crippen LogP) is 2.62. The summed E-state index contributed by atoms with van der Waals surface area (Å²) >= 11 is 0. The Bertz CT molecular complexity index is 761. The van der Waals surface area contributed by atoms with Gasteiger partial charge in [0.05, 0.1) is 20.4 Å². The maximum atomic E-state index is 10.9. The summed E-state index contributed by atoms with van der Waals surface area (Å²) in [5, 5.41) is 3.01. The summed E-state index contributed by atoms with van der Waals surface area (Å²) in [5.74, 6) is -0.256. The van der Waals surface area contributed by atoms with Crippen LogP contribution in [0.1, 0.15) is 17.5 Å². The Kier molecular flexibility index (Phi) is 6.97. The lowest BCUT2D eigenvalue weighted by molar-refractivity contribution is -0.191. The smallest absolute Gasteiger partial charge is 0.315 e. The number of methoxy groups -OCH3 is 4. The molecule has 1 aromatic rings. The molecule has 8 nitrogen and oxygen atoms in total. The molecule has 0 fully saturated rings. The van der Waals surface area contributed by atoms with Crippen molar-refractivity contribution >= 4 is 13.3 Å². The van der Waals surface area contributed by atoms with Gasteiger partial charge in [0, 0.05) is 38.1 Å². The van der Waals surface area contributed by atoms with Crippen LogP contribution in [-0.4, -0.2) is 45.5 Å². The molecule has 0 saturated carbocycles. The van der Waals surface area contributed by atoms with Crippen LogP contribution in [0.3, 0.4) is 0 Å². The first-order valence-electron chi connectivity index (χ1n) is 7.99. The Morgan fingerprint density at radius 1 is 1.15 bits per heavy atom. The van der Waals surface area contributed by atoms with Crippen molar-refractivity contribution in [2.75, 3.05) is 34.6 Å². The zero-order valence-electron chi connectivity index (χ0n) is 15.3. The standard InChI is InChI=1S/C17H23N2O6P/c1-22-15-10-12(11-17(19-15,24-3)25-4)13-7-8-18-16(23-2)14(13)6-5-9-26(20)21/h7-8,10-11,19H,5-6,9H2,1-4H3. The van der Waals surface area contributed by atoms with Gasteiger partial charge in [-0.15, -0.1) is 0 Å². The van der Waals surface area contributed by atoms with Crippen molar-refractivity contribution in [3.05, 3.63) is 41.4 Å². The number of hydrogen-bond donors (Lipinski definition) is 1. The van der Waals surface area contributed by atoms with E-state index < -0.39 is 13.6 Å². The predicted molar refractivity (Wildman–Crippen MR) is 95.2 cm³/mol. The average Bonchev–Trinajstić information content (AvgIpc) is 2.67. The van der Waals surface area contributed by atoms with E-state index >= 15 is 0 Å². The molecule has 0 saturated heterocycles. The van der Waals surface area contributed by atoms with E-state index in [1.165, 1.54) is 28.4 Å². The number of nitrogens with zero attached hydrogens (tertiary/aromatic N) is 1. The number of dihydropyridines is 1. The van der Waals surface area contributed by atoms with Crippen LogP contribution in [0.15, 0.2) is 30.3 Å². The number of pyridine rings is 1. The maximum absolute atomic E-state index is 10.9. The molecule has 26 heavy (non-hydrogen) atoms. The SMILES string of the molecule is COC1=CC(c2ccnc(OC)c2CCCP(=O)=O)=CC(OC)(OC)N1. The van der Waals surface area contributed by atoms with Crippen LogP contribution in [0.25, 0.3) is 5.57 Å². The van der Waals surface area contributed by atoms with E-state index in [1.807, 2.05) is 12.1 Å². The molecule has 0 aromatic carbocycles. The molecule has 0 aliphatic carbocycles. The third-order valence-electron chi connectivity index (χ3n) is 4.04. The second kappa shape index (κ2) is 8.98. The van der Waals surface area contributed by atoms with Gasteiger partial charge >= 0.3 is 7.68 Å². The largest absolute Gasteiger partial charge is 0.482 e. The minimum Gasteiger partial charge on any atom is -0.482 e. The van der Waals surface area contributed by atoms with Crippen molar-refractivity contribution in [1.82, 2.24) is 10.3 Å². The van der Waals surface area contributed by atoms with E-state index in [4.69, 9.17) is 18.9 Å². The number of rotatable bonds is 9. The molecule has 1 aliphatic heterocycles. The molecule has 1 aromatic heterocycles. The van der Waals surface area contributed by atoms with Gasteiger partial charge in [0.1, 0.15) is 0 Å². The number of allylic oxidation sites excluding steroid dienone is 2. The van der Waals surface area contributed by atoms with Gasteiger partial charge in [0.2, 0.25) is 5.88 Å². The average molecular weight is 382 g/mol. The van der Waals surface area contributed by atoms with Crippen LogP contribution in [0.5, 0.6) is 5.88 Å².